The molecule has 26 atom stereocenters. The number of hydrogen-bond acceptors (Lipinski definition) is 39. The van der Waals surface area contributed by atoms with E-state index in [9.17, 15) is 144 Å². The smallest absolute Gasteiger partial charge is 0.242 e. The third kappa shape index (κ3) is 30.7. The van der Waals surface area contributed by atoms with Crippen LogP contribution in [0.5, 0.6) is 0 Å². The summed E-state index contributed by atoms with van der Waals surface area (Å²) < 4.78 is 39.3. The topological polar surface area (TPSA) is 827 Å². The summed E-state index contributed by atoms with van der Waals surface area (Å²) in [7, 11) is 0. The van der Waals surface area contributed by atoms with E-state index < -0.39 is 262 Å². The minimum atomic E-state index is -3.60. The Morgan fingerprint density at radius 3 is 1.39 bits per heavy atom. The highest BCUT2D eigenvalue weighted by molar-refractivity contribution is 5.86. The molecule has 28 N–H and O–H groups in total. The number of nitrogens with one attached hydrogen (secondary N) is 5. The average Bonchev–Trinajstić information content (AvgIpc) is 0.758. The molecule has 112 heavy (non-hydrogen) atoms. The predicted octanol–water partition coefficient (Wildman–Crippen LogP) is -18.2. The zero-order valence-corrected chi connectivity index (χ0v) is 61.9. The monoisotopic (exact) mass is 1620 g/mol. The molecule has 47 heteroatoms. The lowest BCUT2D eigenvalue weighted by Crippen LogP contribution is -2.74. The van der Waals surface area contributed by atoms with E-state index >= 15 is 0 Å². The van der Waals surface area contributed by atoms with Crippen LogP contribution in [0.25, 0.3) is 0 Å². The average molecular weight is 1620 g/mol. The van der Waals surface area contributed by atoms with Crippen LogP contribution in [0.2, 0.25) is 0 Å². The van der Waals surface area contributed by atoms with E-state index in [4.69, 9.17) is 56.6 Å². The number of carboxylic acid groups (broad SMARTS) is 5. The fraction of sp³-hybridized carbons (Fsp3) is 0.738. The fourth-order valence-corrected chi connectivity index (χ4v) is 11.5. The summed E-state index contributed by atoms with van der Waals surface area (Å²) in [6, 6.07) is -7.27. The Morgan fingerprint density at radius 2 is 0.982 bits per heavy atom. The molecule has 0 aromatic rings. The molecular formula is C65H105FN9O37-5. The number of carbonyl (C=O) groups excluding carboxylic acids is 10. The van der Waals surface area contributed by atoms with Crippen LogP contribution in [0.3, 0.4) is 0 Å². The first-order valence-electron chi connectivity index (χ1n) is 34.8. The molecule has 0 bridgehead atoms. The Labute approximate surface area is 639 Å². The highest BCUT2D eigenvalue weighted by Gasteiger charge is 2.58. The van der Waals surface area contributed by atoms with Gasteiger partial charge in [0.2, 0.25) is 41.1 Å². The number of carboxylic acids is 5. The summed E-state index contributed by atoms with van der Waals surface area (Å²) in [5, 5.41) is 229. The maximum atomic E-state index is 13.9. The normalized spacial score (nSPS) is 30.1. The van der Waals surface area contributed by atoms with Crippen LogP contribution in [0, 0.1) is 0 Å². The second-order valence-corrected chi connectivity index (χ2v) is 26.2. The summed E-state index contributed by atoms with van der Waals surface area (Å²) in [6.07, 6.45) is -20.5. The molecule has 4 heterocycles. The predicted molar refractivity (Wildman–Crippen MR) is 360 cm³/mol. The molecule has 644 valence electrons. The number of halogens is 1. The molecule has 0 aromatic carbocycles. The number of hydrogen-bond donors (Lipinski definition) is 25. The molecule has 5 amide bonds. The van der Waals surface area contributed by atoms with Crippen molar-refractivity contribution in [3.8, 4) is 0 Å². The first kappa shape index (κ1) is 102. The van der Waals surface area contributed by atoms with Crippen LogP contribution in [-0.4, -0.2) is 342 Å². The molecule has 0 spiro atoms. The maximum Gasteiger partial charge on any atom is 0.242 e. The van der Waals surface area contributed by atoms with E-state index in [0.29, 0.717) is 6.42 Å². The number of ether oxygens (including phenoxy) is 5. The molecular weight excluding hydrogens is 1520 g/mol. The van der Waals surface area contributed by atoms with Crippen LogP contribution in [-0.2, 0) is 71.6 Å². The van der Waals surface area contributed by atoms with Crippen LogP contribution >= 0.6 is 0 Å². The van der Waals surface area contributed by atoms with Crippen LogP contribution in [0.15, 0.2) is 40.3 Å². The largest absolute Gasteiger partial charge is 0.545 e. The number of aliphatic hydroxyl groups is 17. The molecule has 2 saturated heterocycles. The third-order valence-corrected chi connectivity index (χ3v) is 17.4. The Balaban J connectivity index is 0.000000703. The van der Waals surface area contributed by atoms with Crippen molar-refractivity contribution in [1.29, 1.82) is 0 Å². The van der Waals surface area contributed by atoms with Gasteiger partial charge in [0.25, 0.3) is 0 Å². The number of nitrogens with two attached hydrogens (primary N) is 3. The highest BCUT2D eigenvalue weighted by atomic mass is 19.1. The van der Waals surface area contributed by atoms with Crippen molar-refractivity contribution >= 4 is 65.3 Å². The van der Waals surface area contributed by atoms with Gasteiger partial charge in [-0.05, 0) is 49.5 Å². The quantitative estimate of drug-likeness (QED) is 0.0165. The summed E-state index contributed by atoms with van der Waals surface area (Å²) in [5.41, 5.74) is 16.7. The number of aliphatic hydroxyl groups excluding tert-OH is 15. The summed E-state index contributed by atoms with van der Waals surface area (Å²) >= 11 is 0. The van der Waals surface area contributed by atoms with Gasteiger partial charge in [-0.1, -0.05) is 46.5 Å². The van der Waals surface area contributed by atoms with E-state index in [1.54, 1.807) is 0 Å². The summed E-state index contributed by atoms with van der Waals surface area (Å²) in [4.78, 5) is 115. The number of amides is 5. The van der Waals surface area contributed by atoms with Gasteiger partial charge in [0.05, 0.1) is 93.1 Å². The van der Waals surface area contributed by atoms with Crippen molar-refractivity contribution in [2.24, 2.45) is 22.2 Å². The van der Waals surface area contributed by atoms with Crippen LogP contribution in [0.4, 0.5) is 4.39 Å². The second kappa shape index (κ2) is 48.2. The van der Waals surface area contributed by atoms with Gasteiger partial charge >= 0.3 is 0 Å². The zero-order valence-electron chi connectivity index (χ0n) is 61.9. The third-order valence-electron chi connectivity index (χ3n) is 17.4. The highest BCUT2D eigenvalue weighted by Crippen LogP contribution is 2.34. The molecule has 4 aliphatic heterocycles. The Morgan fingerprint density at radius 1 is 0.562 bits per heavy atom. The molecule has 6 unspecified atom stereocenters. The van der Waals surface area contributed by atoms with Gasteiger partial charge in [-0.3, -0.25) is 24.0 Å². The molecule has 1 aliphatic carbocycles. The Kier molecular flexibility index (Phi) is 43.8. The lowest BCUT2D eigenvalue weighted by atomic mass is 9.87. The van der Waals surface area contributed by atoms with Crippen molar-refractivity contribution < 1.29 is 188 Å². The number of rotatable bonds is 33. The van der Waals surface area contributed by atoms with E-state index in [1.807, 2.05) is 19.2 Å². The van der Waals surface area contributed by atoms with Gasteiger partial charge in [0.1, 0.15) is 109 Å². The lowest BCUT2D eigenvalue weighted by Gasteiger charge is -2.48. The van der Waals surface area contributed by atoms with Crippen LogP contribution < -0.4 is 69.3 Å². The van der Waals surface area contributed by atoms with Crippen molar-refractivity contribution in [3.63, 3.8) is 0 Å². The first-order valence-corrected chi connectivity index (χ1v) is 34.8. The zero-order chi connectivity index (χ0) is 86.3. The summed E-state index contributed by atoms with van der Waals surface area (Å²) in [6.45, 7) is 7.29. The van der Waals surface area contributed by atoms with Crippen molar-refractivity contribution in [1.82, 2.24) is 26.6 Å². The second-order valence-electron chi connectivity index (χ2n) is 26.2. The molecule has 46 nitrogen and oxygen atoms in total. The molecule has 0 radical (unpaired) electrons. The lowest BCUT2D eigenvalue weighted by molar-refractivity contribution is -0.386. The van der Waals surface area contributed by atoms with Gasteiger partial charge < -0.3 is 204 Å². The van der Waals surface area contributed by atoms with E-state index in [1.165, 1.54) is 19.9 Å². The van der Waals surface area contributed by atoms with E-state index in [2.05, 4.69) is 37.9 Å². The molecule has 2 fully saturated rings. The molecule has 5 rings (SSSR count). The van der Waals surface area contributed by atoms with Gasteiger partial charge in [-0.25, -0.2) is 9.38 Å². The number of alkyl halides is 1. The number of aliphatic imine (C=N–C) groups is 1. The van der Waals surface area contributed by atoms with Crippen molar-refractivity contribution in [2.45, 2.75) is 276 Å². The van der Waals surface area contributed by atoms with Gasteiger partial charge in [0, 0.05) is 46.6 Å². The van der Waals surface area contributed by atoms with Crippen LogP contribution in [0.1, 0.15) is 113 Å². The first-order chi connectivity index (χ1) is 52.0. The van der Waals surface area contributed by atoms with Crippen molar-refractivity contribution in [2.75, 3.05) is 26.4 Å². The Hall–Kier alpha value is -8.12. The maximum absolute atomic E-state index is 13.9. The minimum absolute atomic E-state index is 0.000752. The number of nitrogens with zero attached hydrogens (tertiary/aromatic N) is 1. The minimum Gasteiger partial charge on any atom is -0.545 e. The number of aliphatic carboxylic acids is 5. The molecule has 0 saturated carbocycles. The van der Waals surface area contributed by atoms with Crippen molar-refractivity contribution in [3.05, 3.63) is 35.3 Å². The van der Waals surface area contributed by atoms with E-state index in [-0.39, 0.29) is 30.4 Å². The van der Waals surface area contributed by atoms with Gasteiger partial charge in [0.15, 0.2) is 18.2 Å². The van der Waals surface area contributed by atoms with E-state index in [0.717, 1.165) is 64.5 Å². The SMILES string of the molecule is CC(=O)N[C@H]1C([C@H](O)[C@H](O)CO)OC(C(=O)[O-])=C[C@H]1N=C(N)N.CC(=O)N[C@H]1C([C@H](O)[C@H](O)CO)OC(C(=O)[O-])=C[C@H]1O.CC(=O)N[C@H]1C([C@H](O)[C@H](O)CO)O[C@@](O)(C(=O)[O-])C(F)[C@H]1O.CCC(CC)OC1C=C(C(=O)[O-])C[C@@H](N)[C@H]1NC(C)=O.CCCCCCCC(=O)N[C@H]1C([C@H](O)[C@H](O)CO)O[C@@](O)(C(=O)[O-])C[C@H]1O. The molecule has 5 aliphatic rings. The van der Waals surface area contributed by atoms with Gasteiger partial charge in [-0.15, -0.1) is 0 Å². The number of unbranched alkanes of at least 4 members (excludes halogenated alkanes) is 4. The standard InChI is InChI=1S/C17H31NO9.C14H24N2O4.C12H20N4O7.C11H18FNO9.C11H17NO8/c1-2-3-4-5-6-7-12(22)18-13-10(20)8-17(26,16(24)25)27-15(13)14(23)11(21)9-19;1-4-10(5-2)20-12-7-9(14(18)19)6-11(15)13(12)16-8(3)17;1-4(18)15-8-5(16-12(13)14)2-7(11(21)22)23-10(8)9(20)6(19)3-17;1-3(15)13-5-7(18)9(12)11(21,10(19)20)22-8(5)6(17)4(16)2-14;1-4(14)12-8-5(15)2-7(11(18)19)20-10(8)9(17)6(16)3-13/h10-11,13-15,19-21,23,26H,2-9H2,1H3,(H,18,22)(H,24,25);7,10-13H,4-6,15H2,1-3H3,(H,16,17)(H,18,19);2,5-6,8-10,17,19-20H,3H2,1H3,(H,15,18)(H,21,22)(H4,13,14,16);4-9,14,16-18,21H,2H2,1H3,(H,13,15)(H,19,20);2,5-6,8-10,13,15-17H,3H2,1H3,(H,12,14)(H,18,19)/p-5/t10-,11-,13-,14-,15?,17-;11-,12?,13-;5-,6-,8-,9-,10?;4-,5-,6-,7+,8?,9?,11-;5-,6-,8-,9-,10?/m11111/s1. The number of carbonyl (C=O) groups is 10. The fourth-order valence-electron chi connectivity index (χ4n) is 11.5. The summed E-state index contributed by atoms with van der Waals surface area (Å²) in [5.74, 6) is -19.9. The Bertz CT molecular complexity index is 3190. The van der Waals surface area contributed by atoms with Gasteiger partial charge in [-0.2, -0.15) is 0 Å². The number of guanidine groups is 1. The molecule has 0 aromatic heterocycles.